The van der Waals surface area contributed by atoms with E-state index in [2.05, 4.69) is 11.4 Å². The number of hydrogen-bond donors (Lipinski definition) is 3. The van der Waals surface area contributed by atoms with Crippen LogP contribution in [0.25, 0.3) is 0 Å². The number of benzene rings is 1. The molecule has 0 radical (unpaired) electrons. The topological polar surface area (TPSA) is 82.0 Å². The summed E-state index contributed by atoms with van der Waals surface area (Å²) in [5, 5.41) is 25.7. The van der Waals surface area contributed by atoms with Crippen LogP contribution in [0.4, 0.5) is 0 Å². The number of aliphatic hydroxyl groups is 1. The highest BCUT2D eigenvalue weighted by Gasteiger charge is 2.54. The Kier molecular flexibility index (Phi) is 4.85. The minimum atomic E-state index is -1.39. The Hall–Kier alpha value is -1.63. The molecule has 2 aliphatic heterocycles. The summed E-state index contributed by atoms with van der Waals surface area (Å²) in [6.45, 7) is 15.3. The molecule has 6 nitrogen and oxygen atoms in total. The number of fused-ring (bicyclic) bond motifs is 1. The summed E-state index contributed by atoms with van der Waals surface area (Å²) < 4.78 is 6.21. The minimum absolute atomic E-state index is 0.269. The molecule has 1 aromatic carbocycles. The maximum Gasteiger partial charge on any atom is 0.266 e. The molecule has 0 spiro atoms. The van der Waals surface area contributed by atoms with E-state index in [1.165, 1.54) is 5.06 Å². The number of nitrogens with one attached hydrogen (secondary N) is 1. The van der Waals surface area contributed by atoms with Gasteiger partial charge in [-0.05, 0) is 78.5 Å². The van der Waals surface area contributed by atoms with Crippen LogP contribution in [0.2, 0.25) is 0 Å². The molecular formula is C22H34N2O4. The first-order valence-corrected chi connectivity index (χ1v) is 9.98. The van der Waals surface area contributed by atoms with Crippen LogP contribution in [0.3, 0.4) is 0 Å². The van der Waals surface area contributed by atoms with E-state index in [-0.39, 0.29) is 11.9 Å². The molecule has 0 saturated carbocycles. The van der Waals surface area contributed by atoms with Crippen molar-refractivity contribution in [2.24, 2.45) is 0 Å². The van der Waals surface area contributed by atoms with Crippen LogP contribution in [0.5, 0.6) is 5.75 Å². The van der Waals surface area contributed by atoms with Gasteiger partial charge in [0, 0.05) is 17.5 Å². The summed E-state index contributed by atoms with van der Waals surface area (Å²) in [5.74, 6) is 0.351. The standard InChI is InChI=1S/C22H34N2O4/c1-12-9-13(2)15-10-17(25)22(8,28-18(15)14(12)3)19(26)23-16-11-20(4,5)24(27)21(16,6)7/h9,16-17,25,27H,10-11H2,1-8H3,(H,23,26). The van der Waals surface area contributed by atoms with Gasteiger partial charge in [0.1, 0.15) is 11.9 Å². The Bertz CT molecular complexity index is 817. The molecule has 6 heteroatoms. The van der Waals surface area contributed by atoms with E-state index in [1.54, 1.807) is 6.92 Å². The number of ether oxygens (including phenoxy) is 1. The quantitative estimate of drug-likeness (QED) is 0.723. The molecule has 3 atom stereocenters. The summed E-state index contributed by atoms with van der Waals surface area (Å²) >= 11 is 0. The number of aryl methyl sites for hydroxylation is 2. The molecule has 1 saturated heterocycles. The zero-order valence-electron chi connectivity index (χ0n) is 18.3. The number of carbonyl (C=O) groups is 1. The highest BCUT2D eigenvalue weighted by atomic mass is 16.5. The SMILES string of the molecule is Cc1cc(C)c2c(c1C)OC(C)(C(=O)NC1CC(C)(C)N(O)C1(C)C)C(O)C2. The molecular weight excluding hydrogens is 356 g/mol. The minimum Gasteiger partial charge on any atom is -0.474 e. The Morgan fingerprint density at radius 3 is 2.32 bits per heavy atom. The van der Waals surface area contributed by atoms with Crippen LogP contribution >= 0.6 is 0 Å². The third kappa shape index (κ3) is 3.02. The summed E-state index contributed by atoms with van der Waals surface area (Å²) in [7, 11) is 0. The van der Waals surface area contributed by atoms with Crippen LogP contribution in [0.1, 0.15) is 63.3 Å². The fraction of sp³-hybridized carbons (Fsp3) is 0.682. The van der Waals surface area contributed by atoms with Crippen molar-refractivity contribution in [3.05, 3.63) is 28.3 Å². The van der Waals surface area contributed by atoms with Gasteiger partial charge in [0.15, 0.2) is 0 Å². The third-order valence-corrected chi connectivity index (χ3v) is 6.89. The van der Waals surface area contributed by atoms with Gasteiger partial charge in [0.25, 0.3) is 5.91 Å². The van der Waals surface area contributed by atoms with Gasteiger partial charge in [0.05, 0.1) is 11.6 Å². The second kappa shape index (κ2) is 6.44. The Morgan fingerprint density at radius 1 is 1.18 bits per heavy atom. The van der Waals surface area contributed by atoms with Crippen molar-refractivity contribution in [3.8, 4) is 5.75 Å². The molecule has 28 heavy (non-hydrogen) atoms. The highest BCUT2D eigenvalue weighted by Crippen LogP contribution is 2.42. The molecule has 0 bridgehead atoms. The molecule has 1 aromatic rings. The van der Waals surface area contributed by atoms with E-state index in [0.717, 1.165) is 22.3 Å². The number of rotatable bonds is 2. The summed E-state index contributed by atoms with van der Waals surface area (Å²) in [6, 6.07) is 1.82. The molecule has 1 amide bonds. The molecule has 0 aliphatic carbocycles. The van der Waals surface area contributed by atoms with Crippen LogP contribution in [0.15, 0.2) is 6.07 Å². The largest absolute Gasteiger partial charge is 0.474 e. The number of hydroxylamine groups is 2. The third-order valence-electron chi connectivity index (χ3n) is 6.89. The zero-order chi connectivity index (χ0) is 21.2. The van der Waals surface area contributed by atoms with Crippen molar-refractivity contribution in [1.82, 2.24) is 10.4 Å². The van der Waals surface area contributed by atoms with E-state index in [1.807, 2.05) is 48.5 Å². The summed E-state index contributed by atoms with van der Waals surface area (Å²) in [6.07, 6.45) is 0.0173. The lowest BCUT2D eigenvalue weighted by Gasteiger charge is -2.41. The van der Waals surface area contributed by atoms with Crippen molar-refractivity contribution < 1.29 is 19.8 Å². The molecule has 3 rings (SSSR count). The second-order valence-corrected chi connectivity index (χ2v) is 9.88. The molecule has 156 valence electrons. The average Bonchev–Trinajstić information content (AvgIpc) is 2.74. The summed E-state index contributed by atoms with van der Waals surface area (Å²) in [5.41, 5.74) is 1.66. The Balaban J connectivity index is 1.90. The van der Waals surface area contributed by atoms with Crippen molar-refractivity contribution >= 4 is 5.91 Å². The van der Waals surface area contributed by atoms with Gasteiger partial charge in [0.2, 0.25) is 5.60 Å². The first kappa shape index (κ1) is 21.1. The van der Waals surface area contributed by atoms with Crippen molar-refractivity contribution in [3.63, 3.8) is 0 Å². The number of carbonyl (C=O) groups excluding carboxylic acids is 1. The van der Waals surface area contributed by atoms with Crippen LogP contribution in [-0.4, -0.2) is 50.1 Å². The van der Waals surface area contributed by atoms with E-state index in [4.69, 9.17) is 4.74 Å². The lowest BCUT2D eigenvalue weighted by Crippen LogP contribution is -2.63. The summed E-state index contributed by atoms with van der Waals surface area (Å²) in [4.78, 5) is 13.3. The van der Waals surface area contributed by atoms with E-state index < -0.39 is 22.8 Å². The number of hydrogen-bond acceptors (Lipinski definition) is 5. The lowest BCUT2D eigenvalue weighted by molar-refractivity contribution is -0.194. The predicted molar refractivity (Wildman–Crippen MR) is 108 cm³/mol. The zero-order valence-corrected chi connectivity index (χ0v) is 18.3. The Labute approximate surface area is 167 Å². The highest BCUT2D eigenvalue weighted by molar-refractivity contribution is 5.87. The monoisotopic (exact) mass is 390 g/mol. The van der Waals surface area contributed by atoms with Gasteiger partial charge in [-0.25, -0.2) is 0 Å². The first-order valence-electron chi connectivity index (χ1n) is 9.98. The van der Waals surface area contributed by atoms with Gasteiger partial charge in [-0.15, -0.1) is 0 Å². The van der Waals surface area contributed by atoms with Crippen molar-refractivity contribution in [1.29, 1.82) is 0 Å². The first-order chi connectivity index (χ1) is 12.7. The van der Waals surface area contributed by atoms with E-state index in [9.17, 15) is 15.1 Å². The fourth-order valence-electron chi connectivity index (χ4n) is 4.65. The van der Waals surface area contributed by atoms with Gasteiger partial charge >= 0.3 is 0 Å². The molecule has 2 aliphatic rings. The number of nitrogens with zero attached hydrogens (tertiary/aromatic N) is 1. The van der Waals surface area contributed by atoms with Gasteiger partial charge in [-0.3, -0.25) is 4.79 Å². The van der Waals surface area contributed by atoms with Crippen molar-refractivity contribution in [2.75, 3.05) is 0 Å². The maximum absolute atomic E-state index is 13.3. The van der Waals surface area contributed by atoms with Crippen LogP contribution < -0.4 is 10.1 Å². The van der Waals surface area contributed by atoms with Gasteiger partial charge in [-0.1, -0.05) is 6.07 Å². The second-order valence-electron chi connectivity index (χ2n) is 9.88. The molecule has 2 heterocycles. The average molecular weight is 391 g/mol. The fourth-order valence-corrected chi connectivity index (χ4v) is 4.65. The predicted octanol–water partition coefficient (Wildman–Crippen LogP) is 2.80. The molecule has 1 fully saturated rings. The van der Waals surface area contributed by atoms with Crippen molar-refractivity contribution in [2.45, 2.75) is 97.1 Å². The molecule has 0 aromatic heterocycles. The van der Waals surface area contributed by atoms with Crippen LogP contribution in [-0.2, 0) is 11.2 Å². The Morgan fingerprint density at radius 2 is 1.79 bits per heavy atom. The number of amides is 1. The molecule has 3 N–H and O–H groups in total. The smallest absolute Gasteiger partial charge is 0.266 e. The normalized spacial score (nSPS) is 31.2. The number of aliphatic hydroxyl groups excluding tert-OH is 1. The van der Waals surface area contributed by atoms with E-state index >= 15 is 0 Å². The maximum atomic E-state index is 13.3. The molecule has 3 unspecified atom stereocenters. The van der Waals surface area contributed by atoms with E-state index in [0.29, 0.717) is 18.6 Å². The van der Waals surface area contributed by atoms with Gasteiger partial charge < -0.3 is 20.4 Å². The lowest BCUT2D eigenvalue weighted by atomic mass is 9.84. The van der Waals surface area contributed by atoms with Crippen LogP contribution in [0, 0.1) is 20.8 Å². The van der Waals surface area contributed by atoms with Gasteiger partial charge in [-0.2, -0.15) is 5.06 Å².